The maximum Gasteiger partial charge on any atom is 0.362 e. The molecule has 3 rings (SSSR count). The van der Waals surface area contributed by atoms with Gasteiger partial charge in [-0.3, -0.25) is 4.79 Å². The fraction of sp³-hybridized carbons (Fsp3) is 0.400. The first-order valence-corrected chi connectivity index (χ1v) is 8.73. The summed E-state index contributed by atoms with van der Waals surface area (Å²) in [6.07, 6.45) is 2.13. The Morgan fingerprint density at radius 3 is 2.92 bits per heavy atom. The van der Waals surface area contributed by atoms with Gasteiger partial charge in [0.15, 0.2) is 5.00 Å². The van der Waals surface area contributed by atoms with Crippen LogP contribution in [-0.4, -0.2) is 47.7 Å². The number of esters is 1. The van der Waals surface area contributed by atoms with Crippen molar-refractivity contribution < 1.29 is 14.3 Å². The molecule has 3 aromatic heterocycles. The molecule has 136 valence electrons. The number of hydrogen-bond donors (Lipinski definition) is 1. The minimum absolute atomic E-state index is 0.0169. The Balaban J connectivity index is 1.69. The number of carbonyl (C=O) groups is 2. The van der Waals surface area contributed by atoms with E-state index in [2.05, 4.69) is 30.0 Å². The first kappa shape index (κ1) is 17.9. The van der Waals surface area contributed by atoms with Crippen molar-refractivity contribution in [2.75, 3.05) is 11.9 Å². The van der Waals surface area contributed by atoms with Crippen molar-refractivity contribution in [1.82, 2.24) is 29.2 Å². The molecule has 3 aromatic rings. The Hall–Kier alpha value is -2.95. The molecule has 0 atom stereocenters. The van der Waals surface area contributed by atoms with Gasteiger partial charge in [-0.2, -0.15) is 10.1 Å². The predicted molar refractivity (Wildman–Crippen MR) is 93.1 cm³/mol. The summed E-state index contributed by atoms with van der Waals surface area (Å²) >= 11 is 0.934. The van der Waals surface area contributed by atoms with Crippen LogP contribution in [0.2, 0.25) is 0 Å². The van der Waals surface area contributed by atoms with Crippen LogP contribution in [0.4, 0.5) is 5.00 Å². The number of carbonyl (C=O) groups excluding carboxylic acids is 2. The van der Waals surface area contributed by atoms with Crippen LogP contribution in [0, 0.1) is 13.8 Å². The second-order valence-corrected chi connectivity index (χ2v) is 6.21. The van der Waals surface area contributed by atoms with E-state index in [1.165, 1.54) is 6.33 Å². The van der Waals surface area contributed by atoms with E-state index < -0.39 is 5.97 Å². The lowest BCUT2D eigenvalue weighted by atomic mass is 10.1. The molecule has 3 heterocycles. The molecule has 26 heavy (non-hydrogen) atoms. The van der Waals surface area contributed by atoms with E-state index >= 15 is 0 Å². The Bertz CT molecular complexity index is 965. The van der Waals surface area contributed by atoms with Crippen molar-refractivity contribution in [1.29, 1.82) is 0 Å². The molecule has 0 aliphatic rings. The van der Waals surface area contributed by atoms with E-state index in [1.54, 1.807) is 11.4 Å². The van der Waals surface area contributed by atoms with Crippen LogP contribution in [0.3, 0.4) is 0 Å². The minimum Gasteiger partial charge on any atom is -0.461 e. The van der Waals surface area contributed by atoms with Crippen LogP contribution < -0.4 is 5.32 Å². The van der Waals surface area contributed by atoms with Gasteiger partial charge in [0.25, 0.3) is 5.78 Å². The normalized spacial score (nSPS) is 10.9. The summed E-state index contributed by atoms with van der Waals surface area (Å²) in [5.41, 5.74) is 2.65. The summed E-state index contributed by atoms with van der Waals surface area (Å²) in [7, 11) is 0. The van der Waals surface area contributed by atoms with E-state index in [4.69, 9.17) is 4.74 Å². The van der Waals surface area contributed by atoms with Crippen molar-refractivity contribution in [3.63, 3.8) is 0 Å². The summed E-state index contributed by atoms with van der Waals surface area (Å²) in [6, 6.07) is 0. The fourth-order valence-corrected chi connectivity index (χ4v) is 3.12. The summed E-state index contributed by atoms with van der Waals surface area (Å²) in [6.45, 7) is 5.71. The maximum absolute atomic E-state index is 12.3. The molecule has 0 aliphatic carbocycles. The molecule has 0 saturated heterocycles. The fourth-order valence-electron chi connectivity index (χ4n) is 2.55. The molecule has 1 amide bonds. The molecule has 0 spiro atoms. The van der Waals surface area contributed by atoms with Gasteiger partial charge in [-0.15, -0.1) is 5.10 Å². The van der Waals surface area contributed by atoms with Gasteiger partial charge >= 0.3 is 5.97 Å². The number of rotatable bonds is 6. The van der Waals surface area contributed by atoms with Crippen molar-refractivity contribution >= 4 is 34.2 Å². The van der Waals surface area contributed by atoms with E-state index in [1.807, 2.05) is 13.8 Å². The number of amides is 1. The summed E-state index contributed by atoms with van der Waals surface area (Å²) in [5, 5.41) is 10.8. The average Bonchev–Trinajstić information content (AvgIpc) is 3.24. The first-order valence-electron chi connectivity index (χ1n) is 7.96. The zero-order valence-corrected chi connectivity index (χ0v) is 15.3. The lowest BCUT2D eigenvalue weighted by Gasteiger charge is -2.10. The molecular formula is C15H17N7O3S. The van der Waals surface area contributed by atoms with Crippen LogP contribution in [0.25, 0.3) is 5.78 Å². The van der Waals surface area contributed by atoms with Crippen molar-refractivity contribution in [2.45, 2.75) is 33.6 Å². The number of anilines is 1. The number of hydrogen-bond acceptors (Lipinski definition) is 9. The highest BCUT2D eigenvalue weighted by Gasteiger charge is 2.20. The third-order valence-corrected chi connectivity index (χ3v) is 4.44. The lowest BCUT2D eigenvalue weighted by molar-refractivity contribution is -0.116. The Labute approximate surface area is 152 Å². The van der Waals surface area contributed by atoms with Crippen molar-refractivity contribution in [2.24, 2.45) is 0 Å². The highest BCUT2D eigenvalue weighted by molar-refractivity contribution is 7.10. The van der Waals surface area contributed by atoms with Crippen molar-refractivity contribution in [3.8, 4) is 0 Å². The highest BCUT2D eigenvalue weighted by Crippen LogP contribution is 2.20. The zero-order chi connectivity index (χ0) is 18.7. The predicted octanol–water partition coefficient (Wildman–Crippen LogP) is 1.34. The Morgan fingerprint density at radius 1 is 1.35 bits per heavy atom. The van der Waals surface area contributed by atoms with Gasteiger partial charge in [0.05, 0.1) is 6.61 Å². The number of aromatic nitrogens is 6. The molecule has 11 heteroatoms. The molecule has 1 N–H and O–H groups in total. The van der Waals surface area contributed by atoms with Gasteiger partial charge < -0.3 is 10.1 Å². The highest BCUT2D eigenvalue weighted by atomic mass is 32.1. The number of nitrogens with zero attached hydrogens (tertiary/aromatic N) is 6. The average molecular weight is 375 g/mol. The van der Waals surface area contributed by atoms with Crippen molar-refractivity contribution in [3.05, 3.63) is 29.0 Å². The van der Waals surface area contributed by atoms with Gasteiger partial charge in [-0.25, -0.2) is 14.3 Å². The second-order valence-electron chi connectivity index (χ2n) is 5.45. The molecular weight excluding hydrogens is 358 g/mol. The van der Waals surface area contributed by atoms with Crippen LogP contribution in [0.5, 0.6) is 0 Å². The van der Waals surface area contributed by atoms with E-state index in [9.17, 15) is 9.59 Å². The molecule has 10 nitrogen and oxygen atoms in total. The summed E-state index contributed by atoms with van der Waals surface area (Å²) < 4.78 is 10.2. The molecule has 0 bridgehead atoms. The van der Waals surface area contributed by atoms with Gasteiger partial charge in [-0.05, 0) is 32.8 Å². The molecule has 0 aliphatic heterocycles. The number of nitrogens with one attached hydrogen (secondary N) is 1. The molecule has 0 saturated carbocycles. The first-order chi connectivity index (χ1) is 12.5. The van der Waals surface area contributed by atoms with Crippen LogP contribution >= 0.6 is 11.5 Å². The zero-order valence-electron chi connectivity index (χ0n) is 14.5. The largest absolute Gasteiger partial charge is 0.461 e. The molecule has 0 aromatic carbocycles. The van der Waals surface area contributed by atoms with Gasteiger partial charge in [0.1, 0.15) is 6.33 Å². The number of ether oxygens (including phenoxy) is 1. The molecule has 0 radical (unpaired) electrons. The summed E-state index contributed by atoms with van der Waals surface area (Å²) in [4.78, 5) is 32.5. The van der Waals surface area contributed by atoms with Gasteiger partial charge in [0.2, 0.25) is 11.6 Å². The maximum atomic E-state index is 12.3. The van der Waals surface area contributed by atoms with E-state index in [0.29, 0.717) is 12.2 Å². The van der Waals surface area contributed by atoms with Crippen LogP contribution in [0.1, 0.15) is 40.8 Å². The smallest absolute Gasteiger partial charge is 0.362 e. The minimum atomic E-state index is -0.607. The Kier molecular flexibility index (Phi) is 5.16. The SMILES string of the molecule is CCOC(=O)c1nnsc1NC(=O)CCc1c(C)nc2ncnn2c1C. The monoisotopic (exact) mass is 375 g/mol. The second kappa shape index (κ2) is 7.52. The van der Waals surface area contributed by atoms with Gasteiger partial charge in [0, 0.05) is 29.3 Å². The third-order valence-electron chi connectivity index (χ3n) is 3.80. The van der Waals surface area contributed by atoms with Crippen LogP contribution in [0.15, 0.2) is 6.33 Å². The van der Waals surface area contributed by atoms with Crippen LogP contribution in [-0.2, 0) is 16.0 Å². The third kappa shape index (κ3) is 3.52. The quantitative estimate of drug-likeness (QED) is 0.640. The number of aryl methyl sites for hydroxylation is 2. The topological polar surface area (TPSA) is 124 Å². The summed E-state index contributed by atoms with van der Waals surface area (Å²) in [5.74, 6) is -0.328. The Morgan fingerprint density at radius 2 is 2.15 bits per heavy atom. The lowest BCUT2D eigenvalue weighted by Crippen LogP contribution is -2.16. The van der Waals surface area contributed by atoms with E-state index in [-0.39, 0.29) is 29.6 Å². The number of fused-ring (bicyclic) bond motifs is 1. The molecule has 0 unspecified atom stereocenters. The van der Waals surface area contributed by atoms with E-state index in [0.717, 1.165) is 28.5 Å². The standard InChI is InChI=1S/C15H17N7O3S/c1-4-25-14(24)12-13(26-21-20-12)19-11(23)6-5-10-8(2)18-15-16-7-17-22(15)9(10)3/h7H,4-6H2,1-3H3,(H,19,23). The van der Waals surface area contributed by atoms with Gasteiger partial charge in [-0.1, -0.05) is 4.49 Å². The molecule has 0 fully saturated rings.